The molecule has 13 heterocycles. The Kier molecular flexibility index (Phi) is 33.5. The molecule has 4 fully saturated rings. The summed E-state index contributed by atoms with van der Waals surface area (Å²) in [6, 6.07) is 55.4. The van der Waals surface area contributed by atoms with Gasteiger partial charge in [-0.1, -0.05) is 86.6 Å². The van der Waals surface area contributed by atoms with Gasteiger partial charge in [-0.05, 0) is 293 Å². The zero-order chi connectivity index (χ0) is 105. The molecule has 0 saturated carbocycles. The first-order valence-electron chi connectivity index (χ1n) is 50.5. The number of likely N-dealkylation sites (tertiary alicyclic amines) is 2. The quantitative estimate of drug-likeness (QED) is 0.0284. The van der Waals surface area contributed by atoms with Crippen molar-refractivity contribution >= 4 is 119 Å². The van der Waals surface area contributed by atoms with Crippen molar-refractivity contribution in [2.24, 2.45) is 17.8 Å². The van der Waals surface area contributed by atoms with Crippen molar-refractivity contribution in [3.8, 4) is 33.5 Å². The number of nitrogens with one attached hydrogen (secondary N) is 4. The molecule has 2 unspecified atom stereocenters. The minimum Gasteiger partial charge on any atom is -0.379 e. The number of aryl methyl sites for hydroxylation is 3. The Balaban J connectivity index is 0.000000152. The van der Waals surface area contributed by atoms with E-state index in [9.17, 15) is 43.8 Å². The summed E-state index contributed by atoms with van der Waals surface area (Å²) in [5.74, 6) is 5.80. The average Bonchev–Trinajstić information content (AvgIpc) is 1.25. The number of nitrogens with zero attached hydrogens (tertiary/aromatic N) is 18. The molecule has 4 N–H and O–H groups in total. The van der Waals surface area contributed by atoms with Crippen LogP contribution < -0.4 is 42.8 Å². The molecule has 0 radical (unpaired) electrons. The van der Waals surface area contributed by atoms with Gasteiger partial charge in [-0.2, -0.15) is 32.6 Å². The molecular formula is C111H129FN22O11S4. The number of hydrogen-bond donors (Lipinski definition) is 4. The SMILES string of the molecule is C=S(=O)(c1ccccc1)c1ccc(-c2cc3cnc(Nc4ccc(CC5CCCN(C)C5)cc4)nc3n(CCN(C)S(C)(=O)=O)c2=O)c(F)c1.Cc1cc(S(=O)(=O)CCC(C)C)cnc1-c1cc2cnc(Nc3ccc(N(C)C4CCNCC4)cc3)nc2n(CCN2CCOCC2)c1=O.Cc1ccccc1Cn1c(=O)c(-c2c(C)nn(S(=O)(=O)c3ccncc3)c2C)cc2cnc(Nc3ccc(CC4CCN(C)CC4)cc3)nc21. The lowest BCUT2D eigenvalue weighted by Crippen LogP contribution is -2.41. The number of pyridine rings is 5. The first-order chi connectivity index (χ1) is 71.5. The van der Waals surface area contributed by atoms with Gasteiger partial charge in [0, 0.05) is 172 Å². The number of fused-ring (bicyclic) bond motifs is 3. The molecule has 4 aliphatic heterocycles. The predicted octanol–water partition coefficient (Wildman–Crippen LogP) is 15.4. The molecule has 9 aromatic heterocycles. The van der Waals surface area contributed by atoms with Crippen LogP contribution >= 0.6 is 0 Å². The van der Waals surface area contributed by atoms with Gasteiger partial charge in [-0.15, -0.1) is 0 Å². The van der Waals surface area contributed by atoms with E-state index >= 15 is 4.39 Å². The molecule has 0 spiro atoms. The van der Waals surface area contributed by atoms with Crippen molar-refractivity contribution in [3.05, 3.63) is 295 Å². The first-order valence-corrected chi connectivity index (χ1v) is 57.1. The summed E-state index contributed by atoms with van der Waals surface area (Å²) in [6.07, 6.45) is 20.0. The van der Waals surface area contributed by atoms with Gasteiger partial charge in [0.05, 0.1) is 75.3 Å². The number of sulfonamides is 1. The lowest BCUT2D eigenvalue weighted by Gasteiger charge is -2.33. The summed E-state index contributed by atoms with van der Waals surface area (Å²) in [5, 5.41) is 19.5. The minimum atomic E-state index is -4.02. The normalized spacial score (nSPS) is 15.8. The third-order valence-corrected chi connectivity index (χ3v) is 35.3. The molecule has 19 rings (SSSR count). The van der Waals surface area contributed by atoms with Gasteiger partial charge in [-0.25, -0.2) is 40.5 Å². The molecule has 0 bridgehead atoms. The predicted molar refractivity (Wildman–Crippen MR) is 588 cm³/mol. The van der Waals surface area contributed by atoms with E-state index in [1.165, 1.54) is 97.3 Å². The van der Waals surface area contributed by atoms with Crippen molar-refractivity contribution < 1.29 is 38.6 Å². The topological polar surface area (TPSA) is 380 Å². The highest BCUT2D eigenvalue weighted by Gasteiger charge is 2.31. The van der Waals surface area contributed by atoms with Crippen LogP contribution in [0.2, 0.25) is 0 Å². The molecule has 149 heavy (non-hydrogen) atoms. The number of hydrogen-bond acceptors (Lipinski definition) is 28. The van der Waals surface area contributed by atoms with E-state index in [0.717, 1.165) is 133 Å². The van der Waals surface area contributed by atoms with Crippen molar-refractivity contribution in [2.45, 2.75) is 145 Å². The fourth-order valence-corrected chi connectivity index (χ4v) is 24.4. The maximum absolute atomic E-state index is 15.8. The second kappa shape index (κ2) is 46.7. The smallest absolute Gasteiger partial charge is 0.283 e. The Labute approximate surface area is 869 Å². The van der Waals surface area contributed by atoms with E-state index in [1.807, 2.05) is 81.4 Å². The summed E-state index contributed by atoms with van der Waals surface area (Å²) < 4.78 is 119. The highest BCUT2D eigenvalue weighted by molar-refractivity contribution is 8.00. The van der Waals surface area contributed by atoms with Gasteiger partial charge in [0.2, 0.25) is 27.9 Å². The Bertz CT molecular complexity index is 8050. The number of piperidine rings is 3. The second-order valence-electron chi connectivity index (χ2n) is 39.7. The van der Waals surface area contributed by atoms with E-state index in [-0.39, 0.29) is 79.8 Å². The van der Waals surface area contributed by atoms with Crippen LogP contribution in [0.15, 0.2) is 253 Å². The number of anilines is 7. The summed E-state index contributed by atoms with van der Waals surface area (Å²) in [5.41, 5.74) is 11.3. The molecule has 38 heteroatoms. The van der Waals surface area contributed by atoms with Crippen LogP contribution in [0, 0.1) is 51.3 Å². The summed E-state index contributed by atoms with van der Waals surface area (Å²) in [6.45, 7) is 22.0. The Morgan fingerprint density at radius 1 is 0.530 bits per heavy atom. The average molecular weight is 2090 g/mol. The monoisotopic (exact) mass is 2090 g/mol. The summed E-state index contributed by atoms with van der Waals surface area (Å²) in [7, 11) is -6.13. The Morgan fingerprint density at radius 3 is 1.66 bits per heavy atom. The maximum Gasteiger partial charge on any atom is 0.283 e. The Hall–Kier alpha value is -13.5. The summed E-state index contributed by atoms with van der Waals surface area (Å²) in [4.78, 5) is 89.6. The number of likely N-dealkylation sites (N-methyl/N-ethyl adjacent to an activating group) is 1. The number of morpholine rings is 1. The summed E-state index contributed by atoms with van der Waals surface area (Å²) >= 11 is 0. The standard InChI is InChI=1S/C38H40N8O3S.C37H41FN6O4S2.C36H48N8O4S/c1-25-7-5-6-8-30(25)24-45-36-31(23-40-38(42-36)41-32-11-9-28(10-12-32)21-29-15-19-44(4)20-16-29)22-34(37(45)47)35-26(2)43-46(27(35)3)50(48,49)33-13-17-39-18-14-33;1-42-18-8-9-27(25-42)21-26-12-14-29(15-13-26)40-37-39-24-28-22-33(36(45)44(35(28)41-37)20-19-43(2)50(4,47)48)32-17-16-31(23-34(32)38)49(3,46)30-10-6-5-7-11-30;1-25(2)11-20-49(46,47)31-21-26(3)33(38-24-31)32-22-27-23-39-36(41-34(27)44(35(32)45)15-14-43-16-18-48-19-17-43)40-28-5-7-29(8-6-28)42(4)30-9-12-37-13-10-30/h5-14,17-18,22-23,29H,15-16,19-21,24H2,1-4H3,(H,40,41,42);5-7,10-17,22-24,27H,3,8-9,18-21,25H2,1-2,4H3,(H,39,40,41);5-8,21-25,30,37H,9-20H2,1-4H3,(H,39,40,41). The zero-order valence-electron chi connectivity index (χ0n) is 86.0. The van der Waals surface area contributed by atoms with Gasteiger partial charge >= 0.3 is 0 Å². The number of benzene rings is 6. The van der Waals surface area contributed by atoms with Gasteiger partial charge in [-0.3, -0.25) is 47.2 Å². The van der Waals surface area contributed by atoms with Crippen LogP contribution in [-0.4, -0.2) is 242 Å². The van der Waals surface area contributed by atoms with E-state index < -0.39 is 50.8 Å². The number of sulfone groups is 1. The number of ether oxygens (including phenoxy) is 1. The molecule has 15 aromatic rings. The van der Waals surface area contributed by atoms with Gasteiger partial charge < -0.3 is 40.7 Å². The fraction of sp³-hybridized carbons (Fsp3) is 0.360. The highest BCUT2D eigenvalue weighted by atomic mass is 32.2. The van der Waals surface area contributed by atoms with Crippen LogP contribution in [0.4, 0.5) is 45.0 Å². The molecule has 6 aromatic carbocycles. The third kappa shape index (κ3) is 25.5. The van der Waals surface area contributed by atoms with E-state index in [4.69, 9.17) is 14.7 Å². The van der Waals surface area contributed by atoms with Crippen LogP contribution in [0.5, 0.6) is 0 Å². The zero-order valence-corrected chi connectivity index (χ0v) is 89.3. The molecular weight excluding hydrogens is 1960 g/mol. The molecule has 4 saturated heterocycles. The van der Waals surface area contributed by atoms with Gasteiger partial charge in [0.1, 0.15) is 22.8 Å². The second-order valence-corrected chi connectivity index (χ2v) is 48.0. The molecule has 4 aliphatic rings. The minimum absolute atomic E-state index is 0.00343. The van der Waals surface area contributed by atoms with Crippen molar-refractivity contribution in [1.29, 1.82) is 0 Å². The lowest BCUT2D eigenvalue weighted by atomic mass is 9.90. The van der Waals surface area contributed by atoms with Crippen LogP contribution in [-0.2, 0) is 76.6 Å². The van der Waals surface area contributed by atoms with Crippen molar-refractivity contribution in [1.82, 2.24) is 87.1 Å². The molecule has 780 valence electrons. The van der Waals surface area contributed by atoms with Gasteiger partial charge in [0.25, 0.3) is 26.7 Å². The first kappa shape index (κ1) is 107. The molecule has 2 atom stereocenters. The van der Waals surface area contributed by atoms with E-state index in [1.54, 1.807) is 97.0 Å². The number of rotatable bonds is 32. The third-order valence-electron chi connectivity index (χ3n) is 28.5. The molecule has 0 amide bonds. The highest BCUT2D eigenvalue weighted by Crippen LogP contribution is 2.36. The largest absolute Gasteiger partial charge is 0.379 e. The van der Waals surface area contributed by atoms with Crippen LogP contribution in [0.1, 0.15) is 98.0 Å². The lowest BCUT2D eigenvalue weighted by molar-refractivity contribution is 0.0364. The number of aromatic nitrogens is 13. The van der Waals surface area contributed by atoms with E-state index in [0.29, 0.717) is 134 Å². The molecule has 33 nitrogen and oxygen atoms in total. The van der Waals surface area contributed by atoms with Crippen LogP contribution in [0.25, 0.3) is 66.6 Å². The van der Waals surface area contributed by atoms with Crippen molar-refractivity contribution in [3.63, 3.8) is 0 Å². The van der Waals surface area contributed by atoms with Gasteiger partial charge in [0.15, 0.2) is 9.84 Å². The molecule has 0 aliphatic carbocycles. The van der Waals surface area contributed by atoms with Crippen molar-refractivity contribution in [2.75, 3.05) is 140 Å². The fourth-order valence-electron chi connectivity index (χ4n) is 19.6. The number of halogens is 1. The van der Waals surface area contributed by atoms with E-state index in [2.05, 4.69) is 139 Å². The maximum atomic E-state index is 15.8. The van der Waals surface area contributed by atoms with Crippen LogP contribution in [0.3, 0.4) is 0 Å². The Morgan fingerprint density at radius 2 is 1.08 bits per heavy atom.